The lowest BCUT2D eigenvalue weighted by atomic mass is 9.90. The lowest BCUT2D eigenvalue weighted by Gasteiger charge is -2.25. The van der Waals surface area contributed by atoms with Crippen LogP contribution in [0.1, 0.15) is 39.9 Å². The van der Waals surface area contributed by atoms with E-state index in [1.165, 1.54) is 11.1 Å². The van der Waals surface area contributed by atoms with Crippen LogP contribution in [-0.2, 0) is 23.3 Å². The minimum atomic E-state index is -5.08. The van der Waals surface area contributed by atoms with Crippen molar-refractivity contribution in [3.63, 3.8) is 0 Å². The molecule has 0 aromatic heterocycles. The zero-order chi connectivity index (χ0) is 23.4. The van der Waals surface area contributed by atoms with Gasteiger partial charge in [-0.3, -0.25) is 4.79 Å². The highest BCUT2D eigenvalue weighted by molar-refractivity contribution is 5.94. The largest absolute Gasteiger partial charge is 0.490 e. The van der Waals surface area contributed by atoms with Crippen LogP contribution >= 0.6 is 0 Å². The molecule has 2 aromatic rings. The van der Waals surface area contributed by atoms with Crippen LogP contribution in [0.5, 0.6) is 0 Å². The van der Waals surface area contributed by atoms with Crippen molar-refractivity contribution in [1.29, 1.82) is 0 Å². The summed E-state index contributed by atoms with van der Waals surface area (Å²) in [6, 6.07) is 16.3. The molecule has 32 heavy (non-hydrogen) atoms. The van der Waals surface area contributed by atoms with Gasteiger partial charge in [0.15, 0.2) is 0 Å². The van der Waals surface area contributed by atoms with Gasteiger partial charge in [-0.15, -0.1) is 0 Å². The number of carbonyl (C=O) groups is 2. The van der Waals surface area contributed by atoms with Crippen LogP contribution in [0.15, 0.2) is 48.5 Å². The Balaban J connectivity index is 0.000000360. The molecule has 2 aliphatic rings. The van der Waals surface area contributed by atoms with E-state index >= 15 is 0 Å². The number of fused-ring (bicyclic) bond motifs is 1. The van der Waals surface area contributed by atoms with E-state index in [1.54, 1.807) is 0 Å². The Morgan fingerprint density at radius 2 is 1.78 bits per heavy atom. The Hall–Kier alpha value is -2.91. The number of benzene rings is 2. The fourth-order valence-corrected chi connectivity index (χ4v) is 3.99. The molecule has 9 heteroatoms. The molecule has 1 atom stereocenters. The van der Waals surface area contributed by atoms with Crippen molar-refractivity contribution in [2.75, 3.05) is 19.6 Å². The van der Waals surface area contributed by atoms with E-state index in [1.807, 2.05) is 29.2 Å². The molecular weight excluding hydrogens is 423 g/mol. The van der Waals surface area contributed by atoms with E-state index in [4.69, 9.17) is 15.6 Å². The molecule has 2 aliphatic heterocycles. The van der Waals surface area contributed by atoms with Gasteiger partial charge in [-0.25, -0.2) is 4.79 Å². The van der Waals surface area contributed by atoms with E-state index < -0.39 is 17.7 Å². The van der Waals surface area contributed by atoms with Crippen molar-refractivity contribution >= 4 is 11.9 Å². The minimum Gasteiger partial charge on any atom is -0.475 e. The van der Waals surface area contributed by atoms with Gasteiger partial charge < -0.3 is 21.1 Å². The van der Waals surface area contributed by atoms with Crippen LogP contribution in [0.2, 0.25) is 0 Å². The number of aryl methyl sites for hydroxylation is 1. The molecule has 2 aromatic carbocycles. The number of alkyl halides is 3. The Bertz CT molecular complexity index is 966. The zero-order valence-electron chi connectivity index (χ0n) is 17.5. The quantitative estimate of drug-likeness (QED) is 0.655. The van der Waals surface area contributed by atoms with Crippen molar-refractivity contribution in [1.82, 2.24) is 10.2 Å². The summed E-state index contributed by atoms with van der Waals surface area (Å²) in [4.78, 5) is 23.8. The van der Waals surface area contributed by atoms with Gasteiger partial charge in [0, 0.05) is 25.2 Å². The molecule has 2 heterocycles. The number of carbonyl (C=O) groups excluding carboxylic acids is 1. The first-order valence-corrected chi connectivity index (χ1v) is 10.4. The van der Waals surface area contributed by atoms with Crippen molar-refractivity contribution in [3.8, 4) is 0 Å². The van der Waals surface area contributed by atoms with Gasteiger partial charge in [0.25, 0.3) is 5.91 Å². The number of hydrogen-bond donors (Lipinski definition) is 3. The summed E-state index contributed by atoms with van der Waals surface area (Å²) in [5, 5.41) is 10.6. The summed E-state index contributed by atoms with van der Waals surface area (Å²) in [6.45, 7) is 3.17. The normalized spacial score (nSPS) is 20.6. The van der Waals surface area contributed by atoms with Gasteiger partial charge >= 0.3 is 12.1 Å². The first-order chi connectivity index (χ1) is 15.1. The fourth-order valence-electron chi connectivity index (χ4n) is 3.99. The van der Waals surface area contributed by atoms with Crippen LogP contribution in [0.3, 0.4) is 0 Å². The Morgan fingerprint density at radius 3 is 2.44 bits per heavy atom. The number of carboxylic acids is 1. The highest BCUT2D eigenvalue weighted by Gasteiger charge is 2.39. The van der Waals surface area contributed by atoms with Gasteiger partial charge in [0.05, 0.1) is 5.54 Å². The molecule has 0 saturated carbocycles. The Morgan fingerprint density at radius 1 is 1.09 bits per heavy atom. The van der Waals surface area contributed by atoms with Crippen molar-refractivity contribution < 1.29 is 27.9 Å². The summed E-state index contributed by atoms with van der Waals surface area (Å²) in [5.41, 5.74) is 10.7. The first-order valence-electron chi connectivity index (χ1n) is 10.4. The molecular formula is C23H26F3N3O3. The van der Waals surface area contributed by atoms with E-state index in [0.29, 0.717) is 13.1 Å². The summed E-state index contributed by atoms with van der Waals surface area (Å²) < 4.78 is 31.7. The predicted molar refractivity (Wildman–Crippen MR) is 113 cm³/mol. The molecule has 1 unspecified atom stereocenters. The third kappa shape index (κ3) is 5.66. The lowest BCUT2D eigenvalue weighted by Crippen LogP contribution is -2.41. The van der Waals surface area contributed by atoms with E-state index in [2.05, 4.69) is 29.6 Å². The zero-order valence-corrected chi connectivity index (χ0v) is 17.5. The fraction of sp³-hybridized carbons (Fsp3) is 0.391. The predicted octanol–water partition coefficient (Wildman–Crippen LogP) is 3.06. The van der Waals surface area contributed by atoms with Gasteiger partial charge in [0.1, 0.15) is 0 Å². The lowest BCUT2D eigenvalue weighted by molar-refractivity contribution is -0.192. The number of halogens is 3. The van der Waals surface area contributed by atoms with Gasteiger partial charge in [0.2, 0.25) is 0 Å². The van der Waals surface area contributed by atoms with Crippen molar-refractivity contribution in [2.45, 2.75) is 37.5 Å². The number of aliphatic carboxylic acids is 1. The first kappa shape index (κ1) is 23.7. The smallest absolute Gasteiger partial charge is 0.475 e. The van der Waals surface area contributed by atoms with Crippen LogP contribution in [-0.4, -0.2) is 47.7 Å². The monoisotopic (exact) mass is 449 g/mol. The number of rotatable bonds is 2. The number of likely N-dealkylation sites (tertiary alicyclic amines) is 1. The molecule has 172 valence electrons. The summed E-state index contributed by atoms with van der Waals surface area (Å²) in [7, 11) is 0. The van der Waals surface area contributed by atoms with Crippen molar-refractivity contribution in [3.05, 3.63) is 70.8 Å². The van der Waals surface area contributed by atoms with Gasteiger partial charge in [-0.1, -0.05) is 36.4 Å². The molecule has 1 fully saturated rings. The Kier molecular flexibility index (Phi) is 7.20. The number of amides is 1. The SMILES string of the molecule is NC1(c2ccccc2)CCN(C(=O)c2ccc3c(c2)CNCCC3)C1.O=C(O)C(F)(F)F. The van der Waals surface area contributed by atoms with E-state index in [-0.39, 0.29) is 5.91 Å². The van der Waals surface area contributed by atoms with Gasteiger partial charge in [-0.05, 0) is 54.6 Å². The van der Waals surface area contributed by atoms with Crippen LogP contribution in [0.25, 0.3) is 0 Å². The second-order valence-electron chi connectivity index (χ2n) is 8.07. The average Bonchev–Trinajstić information content (AvgIpc) is 3.02. The molecule has 4 rings (SSSR count). The third-order valence-electron chi connectivity index (χ3n) is 5.75. The summed E-state index contributed by atoms with van der Waals surface area (Å²) in [5.74, 6) is -2.66. The highest BCUT2D eigenvalue weighted by Crippen LogP contribution is 2.30. The third-order valence-corrected chi connectivity index (χ3v) is 5.75. The Labute approximate surface area is 184 Å². The van der Waals surface area contributed by atoms with Crippen LogP contribution in [0.4, 0.5) is 13.2 Å². The number of nitrogens with zero attached hydrogens (tertiary/aromatic N) is 1. The minimum absolute atomic E-state index is 0.0929. The summed E-state index contributed by atoms with van der Waals surface area (Å²) >= 11 is 0. The maximum atomic E-state index is 13.0. The topological polar surface area (TPSA) is 95.7 Å². The molecule has 1 saturated heterocycles. The molecule has 6 nitrogen and oxygen atoms in total. The maximum absolute atomic E-state index is 13.0. The number of nitrogens with two attached hydrogens (primary N) is 1. The van der Waals surface area contributed by atoms with Crippen LogP contribution in [0, 0.1) is 0 Å². The standard InChI is InChI=1S/C21H25N3O.C2HF3O2/c22-21(19-6-2-1-3-7-19)10-12-24(15-21)20(25)17-9-8-16-5-4-11-23-14-18(16)13-17;3-2(4,5)1(6)7/h1-3,6-9,13,23H,4-5,10-12,14-15,22H2;(H,6,7). The average molecular weight is 449 g/mol. The second kappa shape index (κ2) is 9.70. The molecule has 0 spiro atoms. The molecule has 0 aliphatic carbocycles. The molecule has 1 amide bonds. The van der Waals surface area contributed by atoms with Gasteiger partial charge in [-0.2, -0.15) is 13.2 Å². The van der Waals surface area contributed by atoms with Crippen LogP contribution < -0.4 is 11.1 Å². The molecule has 4 N–H and O–H groups in total. The summed E-state index contributed by atoms with van der Waals surface area (Å²) in [6.07, 6.45) is -2.05. The van der Waals surface area contributed by atoms with E-state index in [0.717, 1.165) is 43.5 Å². The second-order valence-corrected chi connectivity index (χ2v) is 8.07. The number of hydrogen-bond acceptors (Lipinski definition) is 4. The molecule has 0 bridgehead atoms. The molecule has 0 radical (unpaired) electrons. The number of nitrogens with one attached hydrogen (secondary N) is 1. The number of carboxylic acid groups (broad SMARTS) is 1. The van der Waals surface area contributed by atoms with Crippen molar-refractivity contribution in [2.24, 2.45) is 5.73 Å². The maximum Gasteiger partial charge on any atom is 0.490 e. The van der Waals surface area contributed by atoms with E-state index in [9.17, 15) is 18.0 Å². The highest BCUT2D eigenvalue weighted by atomic mass is 19.4.